The van der Waals surface area contributed by atoms with Crippen molar-refractivity contribution in [3.8, 4) is 0 Å². The molecule has 1 aromatic rings. The molecule has 0 spiro atoms. The lowest BCUT2D eigenvalue weighted by atomic mass is 9.96. The molecular weight excluding hydrogens is 252 g/mol. The highest BCUT2D eigenvalue weighted by atomic mass is 19.4. The van der Waals surface area contributed by atoms with Gasteiger partial charge in [0.25, 0.3) is 5.91 Å². The van der Waals surface area contributed by atoms with Gasteiger partial charge in [-0.25, -0.2) is 4.39 Å². The van der Waals surface area contributed by atoms with Gasteiger partial charge in [0, 0.05) is 0 Å². The lowest BCUT2D eigenvalue weighted by Gasteiger charge is -2.37. The van der Waals surface area contributed by atoms with Crippen molar-refractivity contribution in [3.63, 3.8) is 0 Å². The highest BCUT2D eigenvalue weighted by molar-refractivity contribution is 6.06. The van der Waals surface area contributed by atoms with Crippen LogP contribution in [-0.2, 0) is 4.79 Å². The van der Waals surface area contributed by atoms with E-state index in [1.807, 2.05) is 0 Å². The lowest BCUT2D eigenvalue weighted by Crippen LogP contribution is -2.60. The number of rotatable bonds is 0. The van der Waals surface area contributed by atoms with Crippen LogP contribution in [0.25, 0.3) is 0 Å². The average molecular weight is 262 g/mol. The molecule has 2 N–H and O–H groups in total. The lowest BCUT2D eigenvalue weighted by molar-refractivity contribution is -0.179. The van der Waals surface area contributed by atoms with Crippen molar-refractivity contribution >= 4 is 17.3 Å². The van der Waals surface area contributed by atoms with Gasteiger partial charge in [-0.3, -0.25) is 4.79 Å². The SMILES string of the molecule is Cc1cc2c(cc1F)NC(=O)C(C)(C(F)(F)F)N2. The predicted octanol–water partition coefficient (Wildman–Crippen LogP) is 2.82. The summed E-state index contributed by atoms with van der Waals surface area (Å²) in [5.41, 5.74) is -2.47. The zero-order valence-electron chi connectivity index (χ0n) is 9.57. The van der Waals surface area contributed by atoms with Crippen LogP contribution in [0.1, 0.15) is 12.5 Å². The van der Waals surface area contributed by atoms with Gasteiger partial charge >= 0.3 is 6.18 Å². The summed E-state index contributed by atoms with van der Waals surface area (Å²) in [6, 6.07) is 2.22. The van der Waals surface area contributed by atoms with Crippen molar-refractivity contribution < 1.29 is 22.4 Å². The maximum absolute atomic E-state index is 13.3. The summed E-state index contributed by atoms with van der Waals surface area (Å²) in [5, 5.41) is 4.19. The molecule has 0 fully saturated rings. The Morgan fingerprint density at radius 3 is 2.39 bits per heavy atom. The van der Waals surface area contributed by atoms with Gasteiger partial charge in [0.1, 0.15) is 5.82 Å². The summed E-state index contributed by atoms with van der Waals surface area (Å²) in [7, 11) is 0. The predicted molar refractivity (Wildman–Crippen MR) is 57.8 cm³/mol. The number of aryl methyl sites for hydroxylation is 1. The Morgan fingerprint density at radius 1 is 1.22 bits per heavy atom. The first-order chi connectivity index (χ1) is 8.15. The minimum atomic E-state index is -4.75. The molecule has 1 aliphatic heterocycles. The summed E-state index contributed by atoms with van der Waals surface area (Å²) < 4.78 is 51.8. The molecule has 0 bridgehead atoms. The second-order valence-corrected chi connectivity index (χ2v) is 4.35. The van der Waals surface area contributed by atoms with E-state index < -0.39 is 23.4 Å². The van der Waals surface area contributed by atoms with Crippen molar-refractivity contribution in [2.75, 3.05) is 10.6 Å². The van der Waals surface area contributed by atoms with Crippen LogP contribution >= 0.6 is 0 Å². The van der Waals surface area contributed by atoms with Crippen molar-refractivity contribution in [2.24, 2.45) is 0 Å². The fourth-order valence-corrected chi connectivity index (χ4v) is 1.66. The van der Waals surface area contributed by atoms with Crippen LogP contribution in [0.5, 0.6) is 0 Å². The van der Waals surface area contributed by atoms with E-state index in [-0.39, 0.29) is 16.9 Å². The van der Waals surface area contributed by atoms with E-state index in [9.17, 15) is 22.4 Å². The number of halogens is 4. The van der Waals surface area contributed by atoms with Crippen molar-refractivity contribution in [1.82, 2.24) is 0 Å². The average Bonchev–Trinajstić information content (AvgIpc) is 2.21. The monoisotopic (exact) mass is 262 g/mol. The third-order valence-corrected chi connectivity index (χ3v) is 2.95. The van der Waals surface area contributed by atoms with E-state index in [0.717, 1.165) is 13.0 Å². The number of nitrogens with one attached hydrogen (secondary N) is 2. The van der Waals surface area contributed by atoms with Gasteiger partial charge in [0.05, 0.1) is 11.4 Å². The Balaban J connectivity index is 2.51. The van der Waals surface area contributed by atoms with Gasteiger partial charge in [-0.15, -0.1) is 0 Å². The molecule has 1 unspecified atom stereocenters. The molecule has 0 saturated carbocycles. The first kappa shape index (κ1) is 12.7. The molecule has 1 heterocycles. The fraction of sp³-hybridized carbons (Fsp3) is 0.364. The molecule has 3 nitrogen and oxygen atoms in total. The number of hydrogen-bond acceptors (Lipinski definition) is 2. The summed E-state index contributed by atoms with van der Waals surface area (Å²) in [6.45, 7) is 2.17. The summed E-state index contributed by atoms with van der Waals surface area (Å²) in [4.78, 5) is 11.5. The summed E-state index contributed by atoms with van der Waals surface area (Å²) in [6.07, 6.45) is -4.75. The van der Waals surface area contributed by atoms with Crippen LogP contribution in [-0.4, -0.2) is 17.6 Å². The minimum Gasteiger partial charge on any atom is -0.362 e. The molecule has 0 aromatic heterocycles. The smallest absolute Gasteiger partial charge is 0.362 e. The van der Waals surface area contributed by atoms with E-state index in [4.69, 9.17) is 0 Å². The zero-order valence-corrected chi connectivity index (χ0v) is 9.57. The molecule has 1 amide bonds. The summed E-state index contributed by atoms with van der Waals surface area (Å²) in [5.74, 6) is -1.85. The highest BCUT2D eigenvalue weighted by Gasteiger charge is 2.58. The zero-order chi connectivity index (χ0) is 13.7. The number of fused-ring (bicyclic) bond motifs is 1. The van der Waals surface area contributed by atoms with Crippen molar-refractivity contribution in [1.29, 1.82) is 0 Å². The topological polar surface area (TPSA) is 41.1 Å². The number of amides is 1. The Hall–Kier alpha value is -1.79. The molecule has 0 aliphatic carbocycles. The molecule has 0 saturated heterocycles. The quantitative estimate of drug-likeness (QED) is 0.706. The Kier molecular flexibility index (Phi) is 2.53. The van der Waals surface area contributed by atoms with Gasteiger partial charge in [-0.2, -0.15) is 13.2 Å². The highest BCUT2D eigenvalue weighted by Crippen LogP contribution is 2.40. The summed E-state index contributed by atoms with van der Waals surface area (Å²) >= 11 is 0. The molecule has 1 aliphatic rings. The Labute approximate surface area is 100 Å². The number of anilines is 2. The van der Waals surface area contributed by atoms with Crippen LogP contribution in [0.15, 0.2) is 12.1 Å². The van der Waals surface area contributed by atoms with Crippen molar-refractivity contribution in [3.05, 3.63) is 23.5 Å². The molecule has 1 aromatic carbocycles. The van der Waals surface area contributed by atoms with E-state index in [1.165, 1.54) is 13.0 Å². The fourth-order valence-electron chi connectivity index (χ4n) is 1.66. The number of alkyl halides is 3. The van der Waals surface area contributed by atoms with Crippen LogP contribution in [0.2, 0.25) is 0 Å². The largest absolute Gasteiger partial charge is 0.420 e. The van der Waals surface area contributed by atoms with Crippen LogP contribution in [0.3, 0.4) is 0 Å². The van der Waals surface area contributed by atoms with Gasteiger partial charge in [0.2, 0.25) is 5.54 Å². The molecule has 98 valence electrons. The third-order valence-electron chi connectivity index (χ3n) is 2.95. The number of hydrogen-bond donors (Lipinski definition) is 2. The second kappa shape index (κ2) is 3.60. The number of carbonyl (C=O) groups is 1. The normalized spacial score (nSPS) is 23.1. The molecule has 1 atom stereocenters. The standard InChI is InChI=1S/C11H10F4N2O/c1-5-3-8-7(4-6(5)12)16-9(18)10(2,17-8)11(13,14)15/h3-4,17H,1-2H3,(H,16,18). The Bertz CT molecular complexity index is 527. The van der Waals surface area contributed by atoms with E-state index >= 15 is 0 Å². The van der Waals surface area contributed by atoms with E-state index in [1.54, 1.807) is 0 Å². The Morgan fingerprint density at radius 2 is 1.83 bits per heavy atom. The first-order valence-corrected chi connectivity index (χ1v) is 5.11. The van der Waals surface area contributed by atoms with Crippen molar-refractivity contribution in [2.45, 2.75) is 25.6 Å². The minimum absolute atomic E-state index is 0.00447. The van der Waals surface area contributed by atoms with Crippen LogP contribution in [0.4, 0.5) is 28.9 Å². The second-order valence-electron chi connectivity index (χ2n) is 4.35. The first-order valence-electron chi connectivity index (χ1n) is 5.11. The van der Waals surface area contributed by atoms with Gasteiger partial charge in [0.15, 0.2) is 0 Å². The van der Waals surface area contributed by atoms with E-state index in [0.29, 0.717) is 0 Å². The van der Waals surface area contributed by atoms with Gasteiger partial charge in [-0.1, -0.05) is 0 Å². The van der Waals surface area contributed by atoms with Crippen LogP contribution < -0.4 is 10.6 Å². The number of benzene rings is 1. The number of carbonyl (C=O) groups excluding carboxylic acids is 1. The maximum Gasteiger partial charge on any atom is 0.420 e. The third kappa shape index (κ3) is 1.70. The van der Waals surface area contributed by atoms with E-state index in [2.05, 4.69) is 10.6 Å². The molecular formula is C11H10F4N2O. The molecule has 2 rings (SSSR count). The molecule has 0 radical (unpaired) electrons. The molecule has 7 heteroatoms. The van der Waals surface area contributed by atoms with Gasteiger partial charge in [-0.05, 0) is 31.5 Å². The van der Waals surface area contributed by atoms with Crippen LogP contribution in [0, 0.1) is 12.7 Å². The van der Waals surface area contributed by atoms with Gasteiger partial charge < -0.3 is 10.6 Å². The maximum atomic E-state index is 13.3. The molecule has 18 heavy (non-hydrogen) atoms.